The Bertz CT molecular complexity index is 644. The lowest BCUT2D eigenvalue weighted by Gasteiger charge is -2.05. The minimum absolute atomic E-state index is 0. The van der Waals surface area contributed by atoms with Gasteiger partial charge < -0.3 is 9.47 Å². The van der Waals surface area contributed by atoms with Crippen LogP contribution in [0.2, 0.25) is 0 Å². The summed E-state index contributed by atoms with van der Waals surface area (Å²) >= 11 is 0. The van der Waals surface area contributed by atoms with Gasteiger partial charge in [0.15, 0.2) is 0 Å². The molecule has 0 aliphatic heterocycles. The Morgan fingerprint density at radius 3 is 2.45 bits per heavy atom. The van der Waals surface area contributed by atoms with Crippen LogP contribution in [0.3, 0.4) is 0 Å². The molecule has 0 N–H and O–H groups in total. The third-order valence-corrected chi connectivity index (χ3v) is 2.62. The topological polar surface area (TPSA) is 31.4 Å². The fourth-order valence-electron chi connectivity index (χ4n) is 1.66. The van der Waals surface area contributed by atoms with Gasteiger partial charge in [0.2, 0.25) is 0 Å². The van der Waals surface area contributed by atoms with E-state index in [0.717, 1.165) is 28.5 Å². The number of aryl methyl sites for hydroxylation is 1. The molecule has 0 bridgehead atoms. The van der Waals surface area contributed by atoms with Crippen molar-refractivity contribution in [2.75, 3.05) is 14.2 Å². The Kier molecular flexibility index (Phi) is 5.89. The molecule has 104 valence electrons. The first-order valence-corrected chi connectivity index (χ1v) is 5.90. The van der Waals surface area contributed by atoms with Crippen molar-refractivity contribution in [1.82, 2.24) is 4.98 Å². The smallest absolute Gasteiger partial charge is 0.134 e. The molecule has 0 spiro atoms. The quantitative estimate of drug-likeness (QED) is 0.796. The van der Waals surface area contributed by atoms with E-state index in [1.807, 2.05) is 43.3 Å². The summed E-state index contributed by atoms with van der Waals surface area (Å²) in [6, 6.07) is 11.3. The van der Waals surface area contributed by atoms with E-state index in [1.54, 1.807) is 14.2 Å². The molecule has 20 heavy (non-hydrogen) atoms. The van der Waals surface area contributed by atoms with Gasteiger partial charge in [0, 0.05) is 5.69 Å². The highest BCUT2D eigenvalue weighted by atomic mass is 35.5. The Labute approximate surface area is 125 Å². The van der Waals surface area contributed by atoms with E-state index >= 15 is 0 Å². The van der Waals surface area contributed by atoms with Crippen LogP contribution in [0.1, 0.15) is 17.0 Å². The van der Waals surface area contributed by atoms with Crippen LogP contribution in [0.15, 0.2) is 36.4 Å². The standard InChI is InChI=1S/C16H15NO2.ClH/c1-12-5-4-6-14(17-12)8-7-13-11-15(18-2)9-10-16(13)19-3;/h4-6,9-11H,1-3H3;1H. The van der Waals surface area contributed by atoms with Gasteiger partial charge in [0.25, 0.3) is 0 Å². The number of nitrogens with zero attached hydrogens (tertiary/aromatic N) is 1. The normalized spacial score (nSPS) is 8.95. The van der Waals surface area contributed by atoms with Gasteiger partial charge >= 0.3 is 0 Å². The summed E-state index contributed by atoms with van der Waals surface area (Å²) in [6.45, 7) is 1.94. The second-order valence-electron chi connectivity index (χ2n) is 3.98. The van der Waals surface area contributed by atoms with Crippen molar-refractivity contribution in [1.29, 1.82) is 0 Å². The molecule has 4 heteroatoms. The average molecular weight is 290 g/mol. The third-order valence-electron chi connectivity index (χ3n) is 2.62. The molecule has 1 aromatic heterocycles. The summed E-state index contributed by atoms with van der Waals surface area (Å²) in [5.74, 6) is 7.57. The number of benzene rings is 1. The maximum absolute atomic E-state index is 5.28. The zero-order chi connectivity index (χ0) is 13.7. The van der Waals surface area contributed by atoms with Crippen LogP contribution >= 0.6 is 12.4 Å². The molecule has 0 saturated heterocycles. The van der Waals surface area contributed by atoms with E-state index in [4.69, 9.17) is 9.47 Å². The van der Waals surface area contributed by atoms with Gasteiger partial charge in [0.05, 0.1) is 19.8 Å². The summed E-state index contributed by atoms with van der Waals surface area (Å²) in [4.78, 5) is 4.34. The molecule has 1 heterocycles. The zero-order valence-electron chi connectivity index (χ0n) is 11.6. The van der Waals surface area contributed by atoms with Gasteiger partial charge in [-0.1, -0.05) is 12.0 Å². The third kappa shape index (κ3) is 3.91. The second kappa shape index (κ2) is 7.42. The number of aromatic nitrogens is 1. The monoisotopic (exact) mass is 289 g/mol. The molecule has 3 nitrogen and oxygen atoms in total. The molecule has 0 fully saturated rings. The van der Waals surface area contributed by atoms with E-state index in [-0.39, 0.29) is 12.4 Å². The molecule has 2 aromatic rings. The number of rotatable bonds is 2. The van der Waals surface area contributed by atoms with Crippen molar-refractivity contribution < 1.29 is 9.47 Å². The molecule has 0 amide bonds. The molecule has 0 atom stereocenters. The fraction of sp³-hybridized carbons (Fsp3) is 0.188. The van der Waals surface area contributed by atoms with Gasteiger partial charge in [-0.2, -0.15) is 0 Å². The van der Waals surface area contributed by atoms with E-state index < -0.39 is 0 Å². The Balaban J connectivity index is 0.00000200. The second-order valence-corrected chi connectivity index (χ2v) is 3.98. The molecule has 0 aliphatic rings. The predicted octanol–water partition coefficient (Wildman–Crippen LogP) is 3.23. The summed E-state index contributed by atoms with van der Waals surface area (Å²) in [7, 11) is 3.25. The average Bonchev–Trinajstić information content (AvgIpc) is 2.45. The molecule has 1 aromatic carbocycles. The Morgan fingerprint density at radius 1 is 1.00 bits per heavy atom. The van der Waals surface area contributed by atoms with E-state index in [2.05, 4.69) is 16.8 Å². The van der Waals surface area contributed by atoms with Gasteiger partial charge in [-0.15, -0.1) is 12.4 Å². The van der Waals surface area contributed by atoms with Crippen LogP contribution in [0.5, 0.6) is 11.5 Å². The lowest BCUT2D eigenvalue weighted by Crippen LogP contribution is -1.90. The first-order chi connectivity index (χ1) is 9.22. The SMILES string of the molecule is COc1ccc(OC)c(C#Cc2cccc(C)n2)c1.Cl. The maximum Gasteiger partial charge on any atom is 0.134 e. The minimum atomic E-state index is 0. The Morgan fingerprint density at radius 2 is 1.80 bits per heavy atom. The summed E-state index contributed by atoms with van der Waals surface area (Å²) in [5.41, 5.74) is 2.47. The fourth-order valence-corrected chi connectivity index (χ4v) is 1.66. The number of methoxy groups -OCH3 is 2. The van der Waals surface area contributed by atoms with Crippen molar-refractivity contribution in [2.45, 2.75) is 6.92 Å². The Hall–Kier alpha value is -2.18. The zero-order valence-corrected chi connectivity index (χ0v) is 12.5. The first kappa shape index (κ1) is 15.9. The lowest BCUT2D eigenvalue weighted by molar-refractivity contribution is 0.402. The highest BCUT2D eigenvalue weighted by molar-refractivity contribution is 5.85. The van der Waals surface area contributed by atoms with Crippen molar-refractivity contribution in [3.8, 4) is 23.3 Å². The summed E-state index contributed by atoms with van der Waals surface area (Å²) in [5, 5.41) is 0. The molecular weight excluding hydrogens is 274 g/mol. The van der Waals surface area contributed by atoms with E-state index in [0.29, 0.717) is 0 Å². The first-order valence-electron chi connectivity index (χ1n) is 5.90. The highest BCUT2D eigenvalue weighted by Gasteiger charge is 2.02. The van der Waals surface area contributed by atoms with Crippen LogP contribution in [-0.4, -0.2) is 19.2 Å². The molecule has 2 rings (SSSR count). The number of pyridine rings is 1. The van der Waals surface area contributed by atoms with Crippen molar-refractivity contribution in [2.24, 2.45) is 0 Å². The lowest BCUT2D eigenvalue weighted by atomic mass is 10.2. The number of hydrogen-bond donors (Lipinski definition) is 0. The van der Waals surface area contributed by atoms with Crippen molar-refractivity contribution in [3.63, 3.8) is 0 Å². The highest BCUT2D eigenvalue weighted by Crippen LogP contribution is 2.22. The van der Waals surface area contributed by atoms with Crippen LogP contribution in [0.25, 0.3) is 0 Å². The largest absolute Gasteiger partial charge is 0.497 e. The van der Waals surface area contributed by atoms with Gasteiger partial charge in [-0.3, -0.25) is 0 Å². The number of ether oxygens (including phenoxy) is 2. The molecule has 0 radical (unpaired) electrons. The van der Waals surface area contributed by atoms with Crippen LogP contribution < -0.4 is 9.47 Å². The molecular formula is C16H16ClNO2. The van der Waals surface area contributed by atoms with Gasteiger partial charge in [-0.25, -0.2) is 4.98 Å². The number of halogens is 1. The predicted molar refractivity (Wildman–Crippen MR) is 81.7 cm³/mol. The van der Waals surface area contributed by atoms with Crippen LogP contribution in [0, 0.1) is 18.8 Å². The molecule has 0 unspecified atom stereocenters. The van der Waals surface area contributed by atoms with Crippen LogP contribution in [-0.2, 0) is 0 Å². The van der Waals surface area contributed by atoms with Gasteiger partial charge in [0.1, 0.15) is 17.2 Å². The van der Waals surface area contributed by atoms with Crippen LogP contribution in [0.4, 0.5) is 0 Å². The molecule has 0 aliphatic carbocycles. The van der Waals surface area contributed by atoms with Crippen molar-refractivity contribution in [3.05, 3.63) is 53.3 Å². The van der Waals surface area contributed by atoms with Gasteiger partial charge in [-0.05, 0) is 43.2 Å². The minimum Gasteiger partial charge on any atom is -0.497 e. The van der Waals surface area contributed by atoms with E-state index in [9.17, 15) is 0 Å². The summed E-state index contributed by atoms with van der Waals surface area (Å²) < 4.78 is 10.5. The summed E-state index contributed by atoms with van der Waals surface area (Å²) in [6.07, 6.45) is 0. The number of hydrogen-bond acceptors (Lipinski definition) is 3. The van der Waals surface area contributed by atoms with Crippen molar-refractivity contribution >= 4 is 12.4 Å². The maximum atomic E-state index is 5.28. The van der Waals surface area contributed by atoms with E-state index in [1.165, 1.54) is 0 Å². The molecule has 0 saturated carbocycles.